The molecule has 1 aliphatic heterocycles. The van der Waals surface area contributed by atoms with Gasteiger partial charge < -0.3 is 15.8 Å². The second-order valence-electron chi connectivity index (χ2n) is 6.67. The normalized spacial score (nSPS) is 17.8. The predicted octanol–water partition coefficient (Wildman–Crippen LogP) is 2.75. The van der Waals surface area contributed by atoms with Crippen molar-refractivity contribution in [3.05, 3.63) is 29.8 Å². The van der Waals surface area contributed by atoms with Crippen molar-refractivity contribution in [1.29, 1.82) is 0 Å². The number of nitrogens with zero attached hydrogens (tertiary/aromatic N) is 1. The van der Waals surface area contributed by atoms with Crippen molar-refractivity contribution >= 4 is 45.5 Å². The SMILES string of the molecule is CC(C)c1cccc(NC(N)=NCC2(S(C)(=O)=O)CCOCC2)c1.I. The van der Waals surface area contributed by atoms with E-state index in [9.17, 15) is 8.42 Å². The quantitative estimate of drug-likeness (QED) is 0.383. The molecule has 6 nitrogen and oxygen atoms in total. The molecule has 0 unspecified atom stereocenters. The summed E-state index contributed by atoms with van der Waals surface area (Å²) in [6.45, 7) is 5.27. The fourth-order valence-corrected chi connectivity index (χ4v) is 3.99. The molecule has 1 saturated heterocycles. The molecule has 0 aliphatic carbocycles. The Bertz CT molecular complexity index is 699. The molecule has 1 aromatic rings. The van der Waals surface area contributed by atoms with Gasteiger partial charge >= 0.3 is 0 Å². The largest absolute Gasteiger partial charge is 0.381 e. The van der Waals surface area contributed by atoms with E-state index in [-0.39, 0.29) is 36.5 Å². The zero-order chi connectivity index (χ0) is 17.8. The number of hydrogen-bond acceptors (Lipinski definition) is 4. The number of ether oxygens (including phenoxy) is 1. The van der Waals surface area contributed by atoms with Crippen LogP contribution in [-0.4, -0.2) is 45.1 Å². The Balaban J connectivity index is 0.00000312. The molecule has 1 aromatic carbocycles. The highest BCUT2D eigenvalue weighted by atomic mass is 127. The number of aliphatic imine (C=N–C) groups is 1. The van der Waals surface area contributed by atoms with Crippen molar-refractivity contribution in [2.45, 2.75) is 37.4 Å². The molecule has 0 bridgehead atoms. The van der Waals surface area contributed by atoms with E-state index in [4.69, 9.17) is 10.5 Å². The second kappa shape index (κ2) is 9.18. The molecule has 1 heterocycles. The number of benzene rings is 1. The first-order chi connectivity index (χ1) is 11.2. The van der Waals surface area contributed by atoms with Gasteiger partial charge in [-0.1, -0.05) is 26.0 Å². The Hall–Kier alpha value is -0.870. The van der Waals surface area contributed by atoms with Gasteiger partial charge in [0, 0.05) is 25.2 Å². The Kier molecular flexibility index (Phi) is 8.14. The molecule has 0 atom stereocenters. The molecule has 25 heavy (non-hydrogen) atoms. The Morgan fingerprint density at radius 1 is 1.36 bits per heavy atom. The van der Waals surface area contributed by atoms with Gasteiger partial charge in [-0.25, -0.2) is 8.42 Å². The standard InChI is InChI=1S/C17H27N3O3S.HI/c1-13(2)14-5-4-6-15(11-14)20-16(18)19-12-17(24(3,21)22)7-9-23-10-8-17;/h4-6,11,13H,7-10,12H2,1-3H3,(H3,18,19,20);1H. The van der Waals surface area contributed by atoms with Gasteiger partial charge in [-0.05, 0) is 36.5 Å². The van der Waals surface area contributed by atoms with Crippen LogP contribution in [0.5, 0.6) is 0 Å². The predicted molar refractivity (Wildman–Crippen MR) is 114 cm³/mol. The maximum atomic E-state index is 12.2. The van der Waals surface area contributed by atoms with E-state index in [1.54, 1.807) is 0 Å². The third kappa shape index (κ3) is 5.82. The lowest BCUT2D eigenvalue weighted by Crippen LogP contribution is -2.46. The molecule has 0 spiro atoms. The van der Waals surface area contributed by atoms with Gasteiger partial charge in [0.15, 0.2) is 15.8 Å². The summed E-state index contributed by atoms with van der Waals surface area (Å²) in [5.41, 5.74) is 8.01. The lowest BCUT2D eigenvalue weighted by atomic mass is 9.99. The maximum absolute atomic E-state index is 12.2. The number of guanidine groups is 1. The molecule has 0 saturated carbocycles. The third-order valence-corrected chi connectivity index (χ3v) is 6.66. The number of nitrogens with two attached hydrogens (primary N) is 1. The number of halogens is 1. The molecule has 0 aromatic heterocycles. The van der Waals surface area contributed by atoms with Gasteiger partial charge in [0.1, 0.15) is 0 Å². The summed E-state index contributed by atoms with van der Waals surface area (Å²) in [5.74, 6) is 0.645. The molecule has 2 rings (SSSR count). The van der Waals surface area contributed by atoms with Crippen LogP contribution in [0.4, 0.5) is 5.69 Å². The Morgan fingerprint density at radius 2 is 2.00 bits per heavy atom. The average molecular weight is 481 g/mol. The molecule has 8 heteroatoms. The first-order valence-electron chi connectivity index (χ1n) is 8.18. The number of anilines is 1. The molecule has 1 fully saturated rings. The van der Waals surface area contributed by atoms with Crippen LogP contribution in [0.1, 0.15) is 38.2 Å². The highest BCUT2D eigenvalue weighted by Crippen LogP contribution is 2.29. The molecule has 1 aliphatic rings. The van der Waals surface area contributed by atoms with Gasteiger partial charge in [0.05, 0.1) is 11.3 Å². The number of sulfone groups is 1. The summed E-state index contributed by atoms with van der Waals surface area (Å²) in [7, 11) is -3.24. The van der Waals surface area contributed by atoms with Crippen molar-refractivity contribution in [2.24, 2.45) is 10.7 Å². The van der Waals surface area contributed by atoms with Crippen LogP contribution in [0.2, 0.25) is 0 Å². The number of rotatable bonds is 5. The summed E-state index contributed by atoms with van der Waals surface area (Å²) in [4.78, 5) is 4.30. The minimum absolute atomic E-state index is 0. The smallest absolute Gasteiger partial charge is 0.193 e. The van der Waals surface area contributed by atoms with Crippen LogP contribution >= 0.6 is 24.0 Å². The summed E-state index contributed by atoms with van der Waals surface area (Å²) in [6, 6.07) is 7.95. The van der Waals surface area contributed by atoms with Gasteiger partial charge in [-0.3, -0.25) is 4.99 Å². The fraction of sp³-hybridized carbons (Fsp3) is 0.588. The topological polar surface area (TPSA) is 93.8 Å². The molecule has 142 valence electrons. The molecular weight excluding hydrogens is 453 g/mol. The van der Waals surface area contributed by atoms with E-state index in [2.05, 4.69) is 30.2 Å². The van der Waals surface area contributed by atoms with E-state index < -0.39 is 14.6 Å². The van der Waals surface area contributed by atoms with Crippen LogP contribution in [0.15, 0.2) is 29.3 Å². The molecule has 3 N–H and O–H groups in total. The van der Waals surface area contributed by atoms with Crippen LogP contribution in [0.25, 0.3) is 0 Å². The van der Waals surface area contributed by atoms with Gasteiger partial charge in [0.25, 0.3) is 0 Å². The fourth-order valence-electron chi connectivity index (χ4n) is 2.78. The zero-order valence-corrected chi connectivity index (χ0v) is 18.1. The lowest BCUT2D eigenvalue weighted by molar-refractivity contribution is 0.0768. The summed E-state index contributed by atoms with van der Waals surface area (Å²) >= 11 is 0. The monoisotopic (exact) mass is 481 g/mol. The van der Waals surface area contributed by atoms with Gasteiger partial charge in [-0.2, -0.15) is 0 Å². The van der Waals surface area contributed by atoms with Crippen molar-refractivity contribution in [2.75, 3.05) is 31.3 Å². The van der Waals surface area contributed by atoms with E-state index in [1.165, 1.54) is 11.8 Å². The average Bonchev–Trinajstić information content (AvgIpc) is 2.53. The Labute approximate surface area is 167 Å². The van der Waals surface area contributed by atoms with E-state index >= 15 is 0 Å². The van der Waals surface area contributed by atoms with E-state index in [1.807, 2.05) is 18.2 Å². The van der Waals surface area contributed by atoms with Crippen LogP contribution in [-0.2, 0) is 14.6 Å². The molecule has 0 radical (unpaired) electrons. The highest BCUT2D eigenvalue weighted by Gasteiger charge is 2.42. The zero-order valence-electron chi connectivity index (χ0n) is 15.0. The van der Waals surface area contributed by atoms with Crippen molar-refractivity contribution in [3.8, 4) is 0 Å². The minimum Gasteiger partial charge on any atom is -0.381 e. The summed E-state index contributed by atoms with van der Waals surface area (Å²) < 4.78 is 28.8. The Morgan fingerprint density at radius 3 is 2.56 bits per heavy atom. The lowest BCUT2D eigenvalue weighted by Gasteiger charge is -2.34. The van der Waals surface area contributed by atoms with Crippen LogP contribution < -0.4 is 11.1 Å². The van der Waals surface area contributed by atoms with Crippen LogP contribution in [0, 0.1) is 0 Å². The second-order valence-corrected chi connectivity index (χ2v) is 9.08. The van der Waals surface area contributed by atoms with Crippen molar-refractivity contribution in [3.63, 3.8) is 0 Å². The number of hydrogen-bond donors (Lipinski definition) is 2. The number of nitrogens with one attached hydrogen (secondary N) is 1. The maximum Gasteiger partial charge on any atom is 0.193 e. The van der Waals surface area contributed by atoms with Gasteiger partial charge in [-0.15, -0.1) is 24.0 Å². The first kappa shape index (κ1) is 22.2. The van der Waals surface area contributed by atoms with Crippen molar-refractivity contribution < 1.29 is 13.2 Å². The first-order valence-corrected chi connectivity index (χ1v) is 10.1. The molecule has 0 amide bonds. The highest BCUT2D eigenvalue weighted by molar-refractivity contribution is 14.0. The van der Waals surface area contributed by atoms with Gasteiger partial charge in [0.2, 0.25) is 0 Å². The van der Waals surface area contributed by atoms with Crippen molar-refractivity contribution in [1.82, 2.24) is 0 Å². The minimum atomic E-state index is -3.24. The molecular formula is C17H28IN3O3S. The summed E-state index contributed by atoms with van der Waals surface area (Å²) in [5, 5.41) is 3.05. The van der Waals surface area contributed by atoms with E-state index in [0.29, 0.717) is 32.0 Å². The van der Waals surface area contributed by atoms with E-state index in [0.717, 1.165) is 5.69 Å². The third-order valence-electron chi connectivity index (χ3n) is 4.55. The van der Waals surface area contributed by atoms with Crippen LogP contribution in [0.3, 0.4) is 0 Å². The summed E-state index contributed by atoms with van der Waals surface area (Å²) in [6.07, 6.45) is 2.17.